The summed E-state index contributed by atoms with van der Waals surface area (Å²) in [7, 11) is 1.65. The highest BCUT2D eigenvalue weighted by Gasteiger charge is 2.37. The third kappa shape index (κ3) is 4.75. The monoisotopic (exact) mass is 413 g/mol. The quantitative estimate of drug-likeness (QED) is 0.637. The fourth-order valence-corrected chi connectivity index (χ4v) is 4.64. The van der Waals surface area contributed by atoms with Crippen LogP contribution in [0.2, 0.25) is 0 Å². The van der Waals surface area contributed by atoms with E-state index in [2.05, 4.69) is 17.9 Å². The van der Waals surface area contributed by atoms with Crippen LogP contribution < -0.4 is 9.47 Å². The molecule has 2 aliphatic carbocycles. The minimum absolute atomic E-state index is 0.216. The smallest absolute Gasteiger partial charge is 0.161 e. The molecule has 4 heteroatoms. The van der Waals surface area contributed by atoms with Gasteiger partial charge in [-0.05, 0) is 74.4 Å². The van der Waals surface area contributed by atoms with E-state index >= 15 is 0 Å². The molecule has 158 valence electrons. The van der Waals surface area contributed by atoms with E-state index in [-0.39, 0.29) is 11.9 Å². The van der Waals surface area contributed by atoms with Gasteiger partial charge in [0.05, 0.1) is 30.3 Å². The summed E-state index contributed by atoms with van der Waals surface area (Å²) >= 11 is 0. The van der Waals surface area contributed by atoms with Crippen molar-refractivity contribution >= 4 is 5.78 Å². The van der Waals surface area contributed by atoms with Crippen molar-refractivity contribution in [3.8, 4) is 29.4 Å². The number of nitrogens with zero attached hydrogens (tertiary/aromatic N) is 1. The molecule has 2 fully saturated rings. The van der Waals surface area contributed by atoms with Crippen LogP contribution in [0.1, 0.15) is 68.1 Å². The van der Waals surface area contributed by atoms with E-state index in [1.54, 1.807) is 19.2 Å². The second kappa shape index (κ2) is 9.27. The molecule has 0 aromatic heterocycles. The summed E-state index contributed by atoms with van der Waals surface area (Å²) < 4.78 is 11.8. The molecule has 0 spiro atoms. The molecule has 0 N–H and O–H groups in total. The highest BCUT2D eigenvalue weighted by atomic mass is 16.5. The Morgan fingerprint density at radius 1 is 1.03 bits per heavy atom. The standard InChI is InChI=1S/C27H27NO3/c1-30-25-12-11-22(17-26(25)31-24-9-2-3-10-24)27(14-5-8-23(29)18-27)15-13-20-6-4-7-21(16-20)19-28/h4,6-7,11-12,16-17,24H,2-3,5,8-10,14,18H2,1H3. The largest absolute Gasteiger partial charge is 0.493 e. The lowest BCUT2D eigenvalue weighted by molar-refractivity contribution is -0.121. The second-order valence-electron chi connectivity index (χ2n) is 8.48. The Kier molecular flexibility index (Phi) is 6.28. The van der Waals surface area contributed by atoms with Crippen molar-refractivity contribution in [3.63, 3.8) is 0 Å². The highest BCUT2D eigenvalue weighted by Crippen LogP contribution is 2.42. The van der Waals surface area contributed by atoms with Crippen LogP contribution >= 0.6 is 0 Å². The van der Waals surface area contributed by atoms with E-state index in [4.69, 9.17) is 9.47 Å². The van der Waals surface area contributed by atoms with Crippen LogP contribution in [-0.2, 0) is 10.2 Å². The summed E-state index contributed by atoms with van der Waals surface area (Å²) in [4.78, 5) is 12.5. The zero-order valence-corrected chi connectivity index (χ0v) is 17.9. The number of nitriles is 1. The van der Waals surface area contributed by atoms with Crippen molar-refractivity contribution in [3.05, 3.63) is 59.2 Å². The molecule has 0 heterocycles. The van der Waals surface area contributed by atoms with Crippen LogP contribution in [0, 0.1) is 23.2 Å². The number of carbonyl (C=O) groups excluding carboxylic acids is 1. The Labute approximate surface area is 184 Å². The van der Waals surface area contributed by atoms with E-state index < -0.39 is 5.41 Å². The van der Waals surface area contributed by atoms with Gasteiger partial charge in [0, 0.05) is 18.4 Å². The number of hydrogen-bond donors (Lipinski definition) is 0. The van der Waals surface area contributed by atoms with Crippen LogP contribution in [0.15, 0.2) is 42.5 Å². The number of Topliss-reactive ketones (excluding diaryl/α,β-unsaturated/α-hetero) is 1. The molecular formula is C27H27NO3. The van der Waals surface area contributed by atoms with E-state index in [9.17, 15) is 10.1 Å². The fraction of sp³-hybridized carbons (Fsp3) is 0.407. The molecule has 2 saturated carbocycles. The molecule has 2 aliphatic rings. The third-order valence-electron chi connectivity index (χ3n) is 6.31. The van der Waals surface area contributed by atoms with Gasteiger partial charge >= 0.3 is 0 Å². The maximum Gasteiger partial charge on any atom is 0.161 e. The zero-order chi connectivity index (χ0) is 21.7. The van der Waals surface area contributed by atoms with E-state index in [1.165, 1.54) is 12.8 Å². The number of rotatable bonds is 4. The lowest BCUT2D eigenvalue weighted by Gasteiger charge is -2.33. The summed E-state index contributed by atoms with van der Waals surface area (Å²) in [6.07, 6.45) is 7.36. The third-order valence-corrected chi connectivity index (χ3v) is 6.31. The molecule has 1 atom stereocenters. The van der Waals surface area contributed by atoms with Gasteiger partial charge in [-0.25, -0.2) is 0 Å². The molecular weight excluding hydrogens is 386 g/mol. The molecule has 0 bridgehead atoms. The topological polar surface area (TPSA) is 59.3 Å². The minimum Gasteiger partial charge on any atom is -0.493 e. The molecule has 4 rings (SSSR count). The first kappa shape index (κ1) is 21.0. The molecule has 2 aromatic carbocycles. The number of ketones is 1. The highest BCUT2D eigenvalue weighted by molar-refractivity contribution is 5.82. The van der Waals surface area contributed by atoms with Gasteiger partial charge < -0.3 is 9.47 Å². The Morgan fingerprint density at radius 2 is 1.84 bits per heavy atom. The number of methoxy groups -OCH3 is 1. The number of carbonyl (C=O) groups is 1. The molecule has 0 amide bonds. The van der Waals surface area contributed by atoms with Crippen molar-refractivity contribution < 1.29 is 14.3 Å². The lowest BCUT2D eigenvalue weighted by atomic mass is 9.69. The molecule has 0 radical (unpaired) electrons. The predicted octanol–water partition coefficient (Wildman–Crippen LogP) is 5.32. The van der Waals surface area contributed by atoms with Crippen LogP contribution in [-0.4, -0.2) is 19.0 Å². The Hall–Kier alpha value is -3.24. The number of ether oxygens (including phenoxy) is 2. The summed E-state index contributed by atoms with van der Waals surface area (Å²) in [5.41, 5.74) is 1.81. The summed E-state index contributed by atoms with van der Waals surface area (Å²) in [5.74, 6) is 8.36. The van der Waals surface area contributed by atoms with Gasteiger partial charge in [0.2, 0.25) is 0 Å². The summed E-state index contributed by atoms with van der Waals surface area (Å²) in [6, 6.07) is 15.4. The average Bonchev–Trinajstić information content (AvgIpc) is 3.31. The number of hydrogen-bond acceptors (Lipinski definition) is 4. The van der Waals surface area contributed by atoms with Gasteiger partial charge in [0.15, 0.2) is 11.5 Å². The van der Waals surface area contributed by atoms with Crippen molar-refractivity contribution in [1.82, 2.24) is 0 Å². The lowest BCUT2D eigenvalue weighted by Crippen LogP contribution is -2.32. The molecule has 31 heavy (non-hydrogen) atoms. The van der Waals surface area contributed by atoms with Crippen LogP contribution in [0.3, 0.4) is 0 Å². The minimum atomic E-state index is -0.558. The normalized spacial score (nSPS) is 21.1. The molecule has 1 unspecified atom stereocenters. The van der Waals surface area contributed by atoms with Crippen molar-refractivity contribution in [2.45, 2.75) is 62.9 Å². The summed E-state index contributed by atoms with van der Waals surface area (Å²) in [6.45, 7) is 0. The van der Waals surface area contributed by atoms with Gasteiger partial charge in [-0.2, -0.15) is 5.26 Å². The first-order valence-corrected chi connectivity index (χ1v) is 11.0. The van der Waals surface area contributed by atoms with Crippen molar-refractivity contribution in [2.24, 2.45) is 0 Å². The Morgan fingerprint density at radius 3 is 2.58 bits per heavy atom. The van der Waals surface area contributed by atoms with Gasteiger partial charge in [-0.15, -0.1) is 0 Å². The zero-order valence-electron chi connectivity index (χ0n) is 17.9. The van der Waals surface area contributed by atoms with Crippen molar-refractivity contribution in [1.29, 1.82) is 5.26 Å². The van der Waals surface area contributed by atoms with Gasteiger partial charge in [0.25, 0.3) is 0 Å². The first-order chi connectivity index (χ1) is 15.1. The average molecular weight is 414 g/mol. The van der Waals surface area contributed by atoms with E-state index in [0.717, 1.165) is 42.6 Å². The summed E-state index contributed by atoms with van der Waals surface area (Å²) in [5, 5.41) is 9.17. The molecule has 4 nitrogen and oxygen atoms in total. The van der Waals surface area contributed by atoms with Crippen molar-refractivity contribution in [2.75, 3.05) is 7.11 Å². The molecule has 0 saturated heterocycles. The first-order valence-electron chi connectivity index (χ1n) is 11.0. The number of benzene rings is 2. The Balaban J connectivity index is 1.73. The van der Waals surface area contributed by atoms with Crippen LogP contribution in [0.5, 0.6) is 11.5 Å². The van der Waals surface area contributed by atoms with Gasteiger partial charge in [-0.3, -0.25) is 4.79 Å². The Bertz CT molecular complexity index is 1070. The maximum atomic E-state index is 12.5. The fourth-order valence-electron chi connectivity index (χ4n) is 4.64. The second-order valence-corrected chi connectivity index (χ2v) is 8.48. The van der Waals surface area contributed by atoms with Crippen LogP contribution in [0.25, 0.3) is 0 Å². The van der Waals surface area contributed by atoms with Gasteiger partial charge in [-0.1, -0.05) is 24.0 Å². The predicted molar refractivity (Wildman–Crippen MR) is 119 cm³/mol. The SMILES string of the molecule is COc1ccc(C2(C#Cc3cccc(C#N)c3)CCCC(=O)C2)cc1OC1CCCC1. The van der Waals surface area contributed by atoms with Crippen LogP contribution in [0.4, 0.5) is 0 Å². The molecule has 0 aliphatic heterocycles. The molecule has 2 aromatic rings. The van der Waals surface area contributed by atoms with E-state index in [0.29, 0.717) is 24.2 Å². The van der Waals surface area contributed by atoms with Gasteiger partial charge in [0.1, 0.15) is 5.78 Å². The maximum absolute atomic E-state index is 12.5. The van der Waals surface area contributed by atoms with E-state index in [1.807, 2.05) is 30.3 Å².